The Bertz CT molecular complexity index is 482. The van der Waals surface area contributed by atoms with Crippen LogP contribution in [0.4, 0.5) is 4.39 Å². The Labute approximate surface area is 127 Å². The largest absolute Gasteiger partial charge is 0.382 e. The van der Waals surface area contributed by atoms with Crippen molar-refractivity contribution in [2.24, 2.45) is 0 Å². The average molecular weight is 288 g/mol. The molecule has 2 rings (SSSR count). The second-order valence-electron chi connectivity index (χ2n) is 5.11. The van der Waals surface area contributed by atoms with Crippen molar-refractivity contribution in [1.82, 2.24) is 4.90 Å². The zero-order chi connectivity index (χ0) is 15.6. The van der Waals surface area contributed by atoms with Gasteiger partial charge in [0.1, 0.15) is 6.17 Å². The highest BCUT2D eigenvalue weighted by Crippen LogP contribution is 2.11. The summed E-state index contributed by atoms with van der Waals surface area (Å²) in [5.74, 6) is 0. The summed E-state index contributed by atoms with van der Waals surface area (Å²) < 4.78 is 25.8. The van der Waals surface area contributed by atoms with Gasteiger partial charge >= 0.3 is 0 Å². The van der Waals surface area contributed by atoms with Crippen molar-refractivity contribution in [3.63, 3.8) is 0 Å². The second-order valence-corrected chi connectivity index (χ2v) is 5.11. The van der Waals surface area contributed by atoms with E-state index in [0.717, 1.165) is 11.1 Å². The van der Waals surface area contributed by atoms with Crippen molar-refractivity contribution < 1.29 is 10.5 Å². The number of methoxy groups -OCH3 is 1. The molecule has 0 aromatic heterocycles. The van der Waals surface area contributed by atoms with Crippen LogP contribution in [0.25, 0.3) is 0 Å². The highest BCUT2D eigenvalue weighted by atomic mass is 19.1. The van der Waals surface area contributed by atoms with Crippen molar-refractivity contribution in [2.45, 2.75) is 19.3 Å². The Balaban J connectivity index is 1.99. The number of halogens is 1. The molecule has 0 aliphatic carbocycles. The Morgan fingerprint density at radius 1 is 1.00 bits per heavy atom. The molecule has 112 valence electrons. The van der Waals surface area contributed by atoms with Crippen LogP contribution < -0.4 is 0 Å². The van der Waals surface area contributed by atoms with E-state index >= 15 is 0 Å². The van der Waals surface area contributed by atoms with Crippen molar-refractivity contribution in [3.05, 3.63) is 71.8 Å². The standard InChI is InChI=1S/C18H22FNO/c1-21-15-18(19)14-20(12-16-8-4-2-5-9-16)13-17-10-6-3-7-11-17/h2-11,18H,12-15H2,1H3/t18-/m1/s1/i1D. The van der Waals surface area contributed by atoms with Crippen molar-refractivity contribution in [3.8, 4) is 0 Å². The quantitative estimate of drug-likeness (QED) is 0.735. The molecule has 0 unspecified atom stereocenters. The van der Waals surface area contributed by atoms with Crippen LogP contribution in [-0.4, -0.2) is 31.3 Å². The van der Waals surface area contributed by atoms with Crippen LogP contribution in [0.15, 0.2) is 60.7 Å². The molecule has 0 aliphatic rings. The van der Waals surface area contributed by atoms with Gasteiger partial charge in [0.25, 0.3) is 0 Å². The van der Waals surface area contributed by atoms with Gasteiger partial charge in [0.2, 0.25) is 0 Å². The SMILES string of the molecule is [2H]COC[C@H](F)CN(Cc1ccccc1)Cc1ccccc1. The Hall–Kier alpha value is -1.71. The lowest BCUT2D eigenvalue weighted by molar-refractivity contribution is 0.0882. The van der Waals surface area contributed by atoms with E-state index in [-0.39, 0.29) is 13.7 Å². The van der Waals surface area contributed by atoms with Gasteiger partial charge in [-0.05, 0) is 11.1 Å². The summed E-state index contributed by atoms with van der Waals surface area (Å²) in [6.07, 6.45) is -1.09. The van der Waals surface area contributed by atoms with Crippen LogP contribution in [0.2, 0.25) is 0 Å². The van der Waals surface area contributed by atoms with Crippen LogP contribution in [0.1, 0.15) is 12.5 Å². The summed E-state index contributed by atoms with van der Waals surface area (Å²) in [5.41, 5.74) is 2.32. The van der Waals surface area contributed by atoms with Crippen LogP contribution in [0.3, 0.4) is 0 Å². The molecule has 0 amide bonds. The van der Waals surface area contributed by atoms with Gasteiger partial charge < -0.3 is 4.74 Å². The molecule has 1 atom stereocenters. The van der Waals surface area contributed by atoms with E-state index in [4.69, 9.17) is 6.11 Å². The van der Waals surface area contributed by atoms with Crippen LogP contribution >= 0.6 is 0 Å². The van der Waals surface area contributed by atoms with E-state index in [1.165, 1.54) is 0 Å². The highest BCUT2D eigenvalue weighted by molar-refractivity contribution is 5.17. The Morgan fingerprint density at radius 3 is 2.00 bits per heavy atom. The predicted molar refractivity (Wildman–Crippen MR) is 83.8 cm³/mol. The van der Waals surface area contributed by atoms with Crippen molar-refractivity contribution in [2.75, 3.05) is 20.2 Å². The fourth-order valence-corrected chi connectivity index (χ4v) is 2.33. The van der Waals surface area contributed by atoms with E-state index in [2.05, 4.69) is 4.90 Å². The third kappa shape index (κ3) is 5.66. The summed E-state index contributed by atoms with van der Waals surface area (Å²) in [6, 6.07) is 20.1. The van der Waals surface area contributed by atoms with Gasteiger partial charge in [0, 0.05) is 26.7 Å². The van der Waals surface area contributed by atoms with Gasteiger partial charge in [-0.15, -0.1) is 0 Å². The molecule has 0 aliphatic heterocycles. The zero-order valence-electron chi connectivity index (χ0n) is 13.1. The summed E-state index contributed by atoms with van der Waals surface area (Å²) in [4.78, 5) is 2.07. The van der Waals surface area contributed by atoms with E-state index < -0.39 is 6.17 Å². The minimum absolute atomic E-state index is 0.0242. The molecule has 21 heavy (non-hydrogen) atoms. The van der Waals surface area contributed by atoms with E-state index in [1.807, 2.05) is 60.7 Å². The number of nitrogens with zero attached hydrogens (tertiary/aromatic N) is 1. The Morgan fingerprint density at radius 2 is 1.52 bits per heavy atom. The lowest BCUT2D eigenvalue weighted by atomic mass is 10.1. The number of hydrogen-bond donors (Lipinski definition) is 0. The lowest BCUT2D eigenvalue weighted by Crippen LogP contribution is -2.31. The molecule has 0 saturated carbocycles. The minimum Gasteiger partial charge on any atom is -0.382 e. The first-order chi connectivity index (χ1) is 10.8. The maximum atomic E-state index is 14.0. The topological polar surface area (TPSA) is 12.5 Å². The maximum Gasteiger partial charge on any atom is 0.136 e. The number of rotatable bonds is 8. The zero-order valence-corrected chi connectivity index (χ0v) is 12.1. The smallest absolute Gasteiger partial charge is 0.136 e. The van der Waals surface area contributed by atoms with Crippen molar-refractivity contribution >= 4 is 0 Å². The number of alkyl halides is 1. The van der Waals surface area contributed by atoms with Gasteiger partial charge in [0.05, 0.1) is 7.98 Å². The highest BCUT2D eigenvalue weighted by Gasteiger charge is 2.14. The third-order valence-corrected chi connectivity index (χ3v) is 3.25. The molecule has 0 heterocycles. The average Bonchev–Trinajstić information content (AvgIpc) is 2.55. The summed E-state index contributed by atoms with van der Waals surface area (Å²) >= 11 is 0. The molecule has 0 radical (unpaired) electrons. The van der Waals surface area contributed by atoms with Crippen LogP contribution in [0.5, 0.6) is 0 Å². The molecule has 0 fully saturated rings. The third-order valence-electron chi connectivity index (χ3n) is 3.25. The minimum atomic E-state index is -1.09. The summed E-state index contributed by atoms with van der Waals surface area (Å²) in [6.45, 7) is 1.65. The molecule has 0 N–H and O–H groups in total. The predicted octanol–water partition coefficient (Wildman–Crippen LogP) is 3.67. The molecular formula is C18H22FNO. The molecule has 0 spiro atoms. The van der Waals surface area contributed by atoms with Crippen LogP contribution in [0, 0.1) is 0 Å². The first-order valence-corrected chi connectivity index (χ1v) is 7.09. The molecule has 0 bridgehead atoms. The van der Waals surface area contributed by atoms with Gasteiger partial charge in [0.15, 0.2) is 0 Å². The molecule has 0 saturated heterocycles. The van der Waals surface area contributed by atoms with E-state index in [9.17, 15) is 4.39 Å². The number of benzene rings is 2. The first-order valence-electron chi connectivity index (χ1n) is 7.80. The fraction of sp³-hybridized carbons (Fsp3) is 0.333. The molecule has 2 aromatic carbocycles. The summed E-state index contributed by atoms with van der Waals surface area (Å²) in [7, 11) is -0.197. The van der Waals surface area contributed by atoms with E-state index in [1.54, 1.807) is 0 Å². The molecule has 3 heteroatoms. The molecule has 2 aromatic rings. The van der Waals surface area contributed by atoms with Gasteiger partial charge in [-0.1, -0.05) is 60.7 Å². The monoisotopic (exact) mass is 288 g/mol. The van der Waals surface area contributed by atoms with Crippen LogP contribution in [-0.2, 0) is 17.8 Å². The van der Waals surface area contributed by atoms with E-state index in [0.29, 0.717) is 19.6 Å². The first kappa shape index (κ1) is 14.2. The number of ether oxygens (including phenoxy) is 1. The van der Waals surface area contributed by atoms with Crippen molar-refractivity contribution in [1.29, 1.82) is 0 Å². The summed E-state index contributed by atoms with van der Waals surface area (Å²) in [5, 5.41) is 0. The van der Waals surface area contributed by atoms with Gasteiger partial charge in [-0.25, -0.2) is 4.39 Å². The molecular weight excluding hydrogens is 265 g/mol. The van der Waals surface area contributed by atoms with Gasteiger partial charge in [-0.3, -0.25) is 4.90 Å². The lowest BCUT2D eigenvalue weighted by Gasteiger charge is -2.24. The number of hydrogen-bond acceptors (Lipinski definition) is 2. The molecule has 2 nitrogen and oxygen atoms in total. The second kappa shape index (κ2) is 8.55. The normalized spacial score (nSPS) is 13.1. The maximum absolute atomic E-state index is 14.0. The Kier molecular flexibility index (Phi) is 5.80. The van der Waals surface area contributed by atoms with Gasteiger partial charge in [-0.2, -0.15) is 0 Å². The fourth-order valence-electron chi connectivity index (χ4n) is 2.33.